The maximum atomic E-state index is 12.8. The van der Waals surface area contributed by atoms with Crippen molar-refractivity contribution in [3.05, 3.63) is 65.4 Å². The fourth-order valence-corrected chi connectivity index (χ4v) is 3.93. The zero-order valence-electron chi connectivity index (χ0n) is 22.8. The van der Waals surface area contributed by atoms with Gasteiger partial charge in [-0.05, 0) is 68.0 Å². The maximum absolute atomic E-state index is 12.8. The number of rotatable bonds is 11. The monoisotopic (exact) mass is 507 g/mol. The standard InChI is InChI=1S/C29H37N3O5/c1-8-36-28(34)29(4,5)37-25-14-11-21(16-26(25)35-7)18-30-27(33)23-17-24(32(6)31-23)22-12-9-20(10-13-22)15-19(2)3/h9-14,16-17,19H,8,15,18H2,1-7H3,(H,30,33). The molecule has 1 N–H and O–H groups in total. The Kier molecular flexibility index (Phi) is 8.97. The van der Waals surface area contributed by atoms with Gasteiger partial charge in [-0.3, -0.25) is 9.48 Å². The Morgan fingerprint density at radius 1 is 1.03 bits per heavy atom. The summed E-state index contributed by atoms with van der Waals surface area (Å²) in [5.41, 5.74) is 3.14. The van der Waals surface area contributed by atoms with E-state index in [1.165, 1.54) is 12.7 Å². The molecule has 0 aliphatic carbocycles. The quantitative estimate of drug-likeness (QED) is 0.370. The Bertz CT molecular complexity index is 1230. The van der Waals surface area contributed by atoms with Crippen LogP contribution in [0.2, 0.25) is 0 Å². The van der Waals surface area contributed by atoms with Gasteiger partial charge in [0.15, 0.2) is 22.8 Å². The van der Waals surface area contributed by atoms with Crippen LogP contribution in [0.1, 0.15) is 56.2 Å². The van der Waals surface area contributed by atoms with Crippen molar-refractivity contribution in [2.75, 3.05) is 13.7 Å². The normalized spacial score (nSPS) is 11.4. The van der Waals surface area contributed by atoms with Crippen LogP contribution >= 0.6 is 0 Å². The van der Waals surface area contributed by atoms with Crippen molar-refractivity contribution in [3.8, 4) is 22.8 Å². The molecule has 0 spiro atoms. The van der Waals surface area contributed by atoms with E-state index in [1.807, 2.05) is 13.1 Å². The number of nitrogens with zero attached hydrogens (tertiary/aromatic N) is 2. The molecule has 8 heteroatoms. The molecule has 0 atom stereocenters. The molecule has 0 fully saturated rings. The van der Waals surface area contributed by atoms with Crippen LogP contribution in [0.25, 0.3) is 11.3 Å². The minimum Gasteiger partial charge on any atom is -0.493 e. The molecule has 0 saturated carbocycles. The summed E-state index contributed by atoms with van der Waals surface area (Å²) in [5.74, 6) is 0.711. The minimum absolute atomic E-state index is 0.268. The van der Waals surface area contributed by atoms with Gasteiger partial charge in [-0.25, -0.2) is 4.79 Å². The number of hydrogen-bond donors (Lipinski definition) is 1. The number of benzene rings is 2. The van der Waals surface area contributed by atoms with Crippen molar-refractivity contribution in [1.29, 1.82) is 0 Å². The summed E-state index contributed by atoms with van der Waals surface area (Å²) < 4.78 is 18.1. The fraction of sp³-hybridized carbons (Fsp3) is 0.414. The average molecular weight is 508 g/mol. The number of esters is 1. The molecule has 8 nitrogen and oxygen atoms in total. The van der Waals surface area contributed by atoms with Gasteiger partial charge in [0.2, 0.25) is 0 Å². The molecule has 1 heterocycles. The lowest BCUT2D eigenvalue weighted by molar-refractivity contribution is -0.158. The summed E-state index contributed by atoms with van der Waals surface area (Å²) in [6, 6.07) is 15.4. The number of carbonyl (C=O) groups excluding carboxylic acids is 2. The molecule has 37 heavy (non-hydrogen) atoms. The molecule has 198 valence electrons. The number of nitrogens with one attached hydrogen (secondary N) is 1. The summed E-state index contributed by atoms with van der Waals surface area (Å²) in [7, 11) is 3.35. The topological polar surface area (TPSA) is 91.7 Å². The van der Waals surface area contributed by atoms with Crippen LogP contribution in [-0.4, -0.2) is 41.0 Å². The highest BCUT2D eigenvalue weighted by atomic mass is 16.6. The Labute approximate surface area is 218 Å². The zero-order chi connectivity index (χ0) is 27.2. The van der Waals surface area contributed by atoms with Gasteiger partial charge in [0.1, 0.15) is 0 Å². The van der Waals surface area contributed by atoms with Crippen LogP contribution in [-0.2, 0) is 29.5 Å². The number of ether oxygens (including phenoxy) is 3. The third-order valence-electron chi connectivity index (χ3n) is 5.82. The summed E-state index contributed by atoms with van der Waals surface area (Å²) in [4.78, 5) is 25.0. The highest BCUT2D eigenvalue weighted by molar-refractivity contribution is 5.93. The van der Waals surface area contributed by atoms with Crippen LogP contribution in [0.5, 0.6) is 11.5 Å². The Morgan fingerprint density at radius 2 is 1.70 bits per heavy atom. The largest absolute Gasteiger partial charge is 0.493 e. The first-order valence-electron chi connectivity index (χ1n) is 12.5. The lowest BCUT2D eigenvalue weighted by atomic mass is 10.0. The van der Waals surface area contributed by atoms with Crippen molar-refractivity contribution in [3.63, 3.8) is 0 Å². The molecular formula is C29H37N3O5. The predicted octanol–water partition coefficient (Wildman–Crippen LogP) is 4.94. The second-order valence-corrected chi connectivity index (χ2v) is 9.83. The van der Waals surface area contributed by atoms with Gasteiger partial charge in [-0.15, -0.1) is 0 Å². The molecule has 0 radical (unpaired) electrons. The molecule has 3 aromatic rings. The van der Waals surface area contributed by atoms with Crippen molar-refractivity contribution in [2.45, 2.75) is 53.2 Å². The van der Waals surface area contributed by atoms with Crippen LogP contribution in [0.4, 0.5) is 0 Å². The van der Waals surface area contributed by atoms with Gasteiger partial charge in [0, 0.05) is 13.6 Å². The molecule has 1 amide bonds. The van der Waals surface area contributed by atoms with Gasteiger partial charge < -0.3 is 19.5 Å². The van der Waals surface area contributed by atoms with Crippen LogP contribution in [0.15, 0.2) is 48.5 Å². The van der Waals surface area contributed by atoms with E-state index in [9.17, 15) is 9.59 Å². The Hall–Kier alpha value is -3.81. The molecular weight excluding hydrogens is 470 g/mol. The number of hydrogen-bond acceptors (Lipinski definition) is 6. The van der Waals surface area contributed by atoms with Gasteiger partial charge in [-0.1, -0.05) is 44.2 Å². The fourth-order valence-electron chi connectivity index (χ4n) is 3.93. The van der Waals surface area contributed by atoms with Gasteiger partial charge in [-0.2, -0.15) is 5.10 Å². The Morgan fingerprint density at radius 3 is 2.32 bits per heavy atom. The van der Waals surface area contributed by atoms with E-state index in [2.05, 4.69) is 48.5 Å². The Balaban J connectivity index is 1.67. The van der Waals surface area contributed by atoms with Gasteiger partial charge >= 0.3 is 5.97 Å². The number of aryl methyl sites for hydroxylation is 1. The summed E-state index contributed by atoms with van der Waals surface area (Å²) in [5, 5.41) is 7.31. The van der Waals surface area contributed by atoms with Crippen molar-refractivity contribution in [2.24, 2.45) is 13.0 Å². The summed E-state index contributed by atoms with van der Waals surface area (Å²) >= 11 is 0. The third kappa shape index (κ3) is 7.12. The van der Waals surface area contributed by atoms with Gasteiger partial charge in [0.05, 0.1) is 19.4 Å². The van der Waals surface area contributed by atoms with Crippen molar-refractivity contribution in [1.82, 2.24) is 15.1 Å². The van der Waals surface area contributed by atoms with E-state index < -0.39 is 11.6 Å². The number of carbonyl (C=O) groups is 2. The molecule has 0 unspecified atom stereocenters. The van der Waals surface area contributed by atoms with E-state index in [-0.39, 0.29) is 19.1 Å². The van der Waals surface area contributed by atoms with Crippen LogP contribution in [0, 0.1) is 5.92 Å². The van der Waals surface area contributed by atoms with Crippen LogP contribution < -0.4 is 14.8 Å². The van der Waals surface area contributed by atoms with E-state index >= 15 is 0 Å². The van der Waals surface area contributed by atoms with Gasteiger partial charge in [0.25, 0.3) is 5.91 Å². The second kappa shape index (κ2) is 12.0. The molecule has 0 aliphatic heterocycles. The molecule has 3 rings (SSSR count). The highest BCUT2D eigenvalue weighted by Gasteiger charge is 2.32. The number of aromatic nitrogens is 2. The first-order valence-corrected chi connectivity index (χ1v) is 12.5. The van der Waals surface area contributed by atoms with E-state index in [1.54, 1.807) is 43.7 Å². The summed E-state index contributed by atoms with van der Waals surface area (Å²) in [6.45, 7) is 9.96. The predicted molar refractivity (Wildman–Crippen MR) is 143 cm³/mol. The zero-order valence-corrected chi connectivity index (χ0v) is 22.8. The van der Waals surface area contributed by atoms with Crippen molar-refractivity contribution >= 4 is 11.9 Å². The van der Waals surface area contributed by atoms with Crippen molar-refractivity contribution < 1.29 is 23.8 Å². The molecule has 1 aromatic heterocycles. The summed E-state index contributed by atoms with van der Waals surface area (Å²) in [6.07, 6.45) is 1.03. The first kappa shape index (κ1) is 27.8. The molecule has 2 aromatic carbocycles. The van der Waals surface area contributed by atoms with E-state index in [0.29, 0.717) is 23.1 Å². The lowest BCUT2D eigenvalue weighted by Gasteiger charge is -2.25. The molecule has 0 bridgehead atoms. The lowest BCUT2D eigenvalue weighted by Crippen LogP contribution is -2.39. The van der Waals surface area contributed by atoms with E-state index in [0.717, 1.165) is 23.2 Å². The number of methoxy groups -OCH3 is 1. The number of amides is 1. The molecule has 0 saturated heterocycles. The molecule has 0 aliphatic rings. The SMILES string of the molecule is CCOC(=O)C(C)(C)Oc1ccc(CNC(=O)c2cc(-c3ccc(CC(C)C)cc3)n(C)n2)cc1OC. The second-order valence-electron chi connectivity index (χ2n) is 9.83. The smallest absolute Gasteiger partial charge is 0.349 e. The average Bonchev–Trinajstić information content (AvgIpc) is 3.25. The first-order chi connectivity index (χ1) is 17.5. The third-order valence-corrected chi connectivity index (χ3v) is 5.82. The maximum Gasteiger partial charge on any atom is 0.349 e. The minimum atomic E-state index is -1.18. The van der Waals surface area contributed by atoms with E-state index in [4.69, 9.17) is 14.2 Å². The highest BCUT2D eigenvalue weighted by Crippen LogP contribution is 2.31. The van der Waals surface area contributed by atoms with Crippen LogP contribution in [0.3, 0.4) is 0 Å².